The van der Waals surface area contributed by atoms with Crippen LogP contribution in [0, 0.1) is 6.92 Å². The molecule has 0 unspecified atom stereocenters. The number of hydrogen-bond acceptors (Lipinski definition) is 5. The van der Waals surface area contributed by atoms with Crippen LogP contribution in [0.25, 0.3) is 0 Å². The first-order chi connectivity index (χ1) is 12.0. The Morgan fingerprint density at radius 2 is 2.04 bits per heavy atom. The smallest absolute Gasteiger partial charge is 0.238 e. The Bertz CT molecular complexity index is 788. The fourth-order valence-corrected chi connectivity index (χ4v) is 3.46. The molecule has 1 aliphatic carbocycles. The highest BCUT2D eigenvalue weighted by atomic mass is 32.2. The van der Waals surface area contributed by atoms with Crippen LogP contribution in [-0.4, -0.2) is 28.0 Å². The maximum absolute atomic E-state index is 12.1. The third-order valence-corrected chi connectivity index (χ3v) is 5.24. The Kier molecular flexibility index (Phi) is 5.43. The van der Waals surface area contributed by atoms with Gasteiger partial charge in [0.05, 0.1) is 11.0 Å². The molecule has 2 N–H and O–H groups in total. The van der Waals surface area contributed by atoms with E-state index in [1.54, 1.807) is 19.9 Å². The van der Waals surface area contributed by atoms with Crippen molar-refractivity contribution in [2.45, 2.75) is 38.4 Å². The zero-order valence-corrected chi connectivity index (χ0v) is 15.1. The second-order valence-corrected chi connectivity index (χ2v) is 7.48. The van der Waals surface area contributed by atoms with Gasteiger partial charge in [-0.3, -0.25) is 9.59 Å². The van der Waals surface area contributed by atoms with Crippen molar-refractivity contribution in [2.75, 3.05) is 16.4 Å². The van der Waals surface area contributed by atoms with Crippen molar-refractivity contribution in [2.24, 2.45) is 0 Å². The van der Waals surface area contributed by atoms with E-state index in [4.69, 9.17) is 4.52 Å². The molecule has 2 amide bonds. The van der Waals surface area contributed by atoms with Crippen LogP contribution in [0.1, 0.15) is 30.2 Å². The number of carbonyl (C=O) groups excluding carboxylic acids is 2. The molecule has 25 heavy (non-hydrogen) atoms. The first kappa shape index (κ1) is 17.5. The van der Waals surface area contributed by atoms with E-state index >= 15 is 0 Å². The van der Waals surface area contributed by atoms with Crippen LogP contribution in [0.4, 0.5) is 11.5 Å². The van der Waals surface area contributed by atoms with Crippen molar-refractivity contribution in [3.05, 3.63) is 41.2 Å². The van der Waals surface area contributed by atoms with E-state index in [0.717, 1.165) is 18.5 Å². The molecule has 1 heterocycles. The lowest BCUT2D eigenvalue weighted by Gasteiger charge is -2.11. The van der Waals surface area contributed by atoms with E-state index in [1.807, 2.05) is 12.1 Å². The summed E-state index contributed by atoms with van der Waals surface area (Å²) in [5, 5.41) is 8.92. The van der Waals surface area contributed by atoms with Crippen LogP contribution in [0.5, 0.6) is 0 Å². The molecule has 0 fully saturated rings. The molecule has 1 atom stereocenters. The summed E-state index contributed by atoms with van der Waals surface area (Å²) in [6, 6.07) is 7.72. The number of rotatable bonds is 6. The molecule has 0 aliphatic heterocycles. The fraction of sp³-hybridized carbons (Fsp3) is 0.389. The molecule has 1 aromatic heterocycles. The van der Waals surface area contributed by atoms with Gasteiger partial charge in [0.2, 0.25) is 11.8 Å². The van der Waals surface area contributed by atoms with Crippen molar-refractivity contribution in [1.82, 2.24) is 5.16 Å². The van der Waals surface area contributed by atoms with Crippen LogP contribution in [-0.2, 0) is 22.4 Å². The largest absolute Gasteiger partial charge is 0.360 e. The minimum absolute atomic E-state index is 0.111. The highest BCUT2D eigenvalue weighted by Crippen LogP contribution is 2.25. The van der Waals surface area contributed by atoms with Gasteiger partial charge in [-0.05, 0) is 56.4 Å². The zero-order chi connectivity index (χ0) is 17.8. The van der Waals surface area contributed by atoms with Gasteiger partial charge in [0.25, 0.3) is 0 Å². The summed E-state index contributed by atoms with van der Waals surface area (Å²) in [6.45, 7) is 3.51. The summed E-state index contributed by atoms with van der Waals surface area (Å²) in [7, 11) is 0. The lowest BCUT2D eigenvalue weighted by Crippen LogP contribution is -2.25. The Morgan fingerprint density at radius 1 is 1.24 bits per heavy atom. The Morgan fingerprint density at radius 3 is 2.80 bits per heavy atom. The first-order valence-corrected chi connectivity index (χ1v) is 9.33. The van der Waals surface area contributed by atoms with Gasteiger partial charge in [0.1, 0.15) is 5.76 Å². The maximum atomic E-state index is 12.1. The van der Waals surface area contributed by atoms with Crippen LogP contribution in [0.2, 0.25) is 0 Å². The number of nitrogens with one attached hydrogen (secondary N) is 2. The zero-order valence-electron chi connectivity index (χ0n) is 14.3. The van der Waals surface area contributed by atoms with Gasteiger partial charge in [-0.1, -0.05) is 11.2 Å². The molecule has 0 radical (unpaired) electrons. The Balaban J connectivity index is 1.45. The molecule has 7 heteroatoms. The standard InChI is InChI=1S/C18H21N3O3S/c1-11-8-16(21-24-11)20-18(23)12(2)25-10-17(22)19-15-7-6-13-4-3-5-14(13)9-15/h6-9,12H,3-5,10H2,1-2H3,(H,19,22)(H,20,21,23)/t12-/m1/s1. The lowest BCUT2D eigenvalue weighted by molar-refractivity contribution is -0.115. The molecule has 0 saturated carbocycles. The van der Waals surface area contributed by atoms with E-state index in [0.29, 0.717) is 11.6 Å². The van der Waals surface area contributed by atoms with E-state index in [1.165, 1.54) is 29.3 Å². The molecule has 6 nitrogen and oxygen atoms in total. The molecular weight excluding hydrogens is 338 g/mol. The highest BCUT2D eigenvalue weighted by molar-refractivity contribution is 8.01. The van der Waals surface area contributed by atoms with Gasteiger partial charge in [0, 0.05) is 11.8 Å². The predicted octanol–water partition coefficient (Wildman–Crippen LogP) is 3.17. The van der Waals surface area contributed by atoms with Crippen molar-refractivity contribution in [3.63, 3.8) is 0 Å². The summed E-state index contributed by atoms with van der Waals surface area (Å²) in [4.78, 5) is 24.2. The number of nitrogens with zero attached hydrogens (tertiary/aromatic N) is 1. The minimum Gasteiger partial charge on any atom is -0.360 e. The summed E-state index contributed by atoms with van der Waals surface area (Å²) in [6.07, 6.45) is 3.38. The third kappa shape index (κ3) is 4.63. The molecule has 3 rings (SSSR count). The number of amides is 2. The van der Waals surface area contributed by atoms with Gasteiger partial charge in [-0.2, -0.15) is 0 Å². The fourth-order valence-electron chi connectivity index (χ4n) is 2.78. The lowest BCUT2D eigenvalue weighted by atomic mass is 10.1. The molecule has 1 aromatic carbocycles. The van der Waals surface area contributed by atoms with E-state index in [9.17, 15) is 9.59 Å². The summed E-state index contributed by atoms with van der Waals surface area (Å²) in [5.41, 5.74) is 3.52. The van der Waals surface area contributed by atoms with E-state index < -0.39 is 0 Å². The molecule has 0 saturated heterocycles. The predicted molar refractivity (Wildman–Crippen MR) is 98.9 cm³/mol. The monoisotopic (exact) mass is 359 g/mol. The van der Waals surface area contributed by atoms with Gasteiger partial charge < -0.3 is 15.2 Å². The number of fused-ring (bicyclic) bond motifs is 1. The average molecular weight is 359 g/mol. The van der Waals surface area contributed by atoms with Gasteiger partial charge >= 0.3 is 0 Å². The molecule has 1 aliphatic rings. The maximum Gasteiger partial charge on any atom is 0.238 e. The Hall–Kier alpha value is -2.28. The van der Waals surface area contributed by atoms with Gasteiger partial charge in [-0.25, -0.2) is 0 Å². The minimum atomic E-state index is -0.372. The first-order valence-electron chi connectivity index (χ1n) is 8.29. The van der Waals surface area contributed by atoms with Crippen LogP contribution < -0.4 is 10.6 Å². The van der Waals surface area contributed by atoms with Gasteiger partial charge in [0.15, 0.2) is 5.82 Å². The number of benzene rings is 1. The number of anilines is 2. The summed E-state index contributed by atoms with van der Waals surface area (Å²) in [5.74, 6) is 0.911. The molecule has 0 bridgehead atoms. The van der Waals surface area contributed by atoms with Crippen molar-refractivity contribution in [1.29, 1.82) is 0 Å². The van der Waals surface area contributed by atoms with Crippen molar-refractivity contribution < 1.29 is 14.1 Å². The van der Waals surface area contributed by atoms with Crippen LogP contribution >= 0.6 is 11.8 Å². The summed E-state index contributed by atoms with van der Waals surface area (Å²) < 4.78 is 4.91. The van der Waals surface area contributed by atoms with E-state index in [2.05, 4.69) is 21.9 Å². The number of aryl methyl sites for hydroxylation is 3. The number of carbonyl (C=O) groups is 2. The van der Waals surface area contributed by atoms with Gasteiger partial charge in [-0.15, -0.1) is 11.8 Å². The molecular formula is C18H21N3O3S. The van der Waals surface area contributed by atoms with Crippen LogP contribution in [0.15, 0.2) is 28.8 Å². The Labute approximate surface area is 150 Å². The normalized spacial score (nSPS) is 14.0. The molecule has 132 valence electrons. The van der Waals surface area contributed by atoms with Crippen LogP contribution in [0.3, 0.4) is 0 Å². The van der Waals surface area contributed by atoms with Crippen molar-refractivity contribution in [3.8, 4) is 0 Å². The highest BCUT2D eigenvalue weighted by Gasteiger charge is 2.17. The second kappa shape index (κ2) is 7.74. The van der Waals surface area contributed by atoms with E-state index in [-0.39, 0.29) is 22.8 Å². The summed E-state index contributed by atoms with van der Waals surface area (Å²) >= 11 is 1.28. The molecule has 2 aromatic rings. The average Bonchev–Trinajstić information content (AvgIpc) is 3.20. The number of aromatic nitrogens is 1. The number of thioether (sulfide) groups is 1. The second-order valence-electron chi connectivity index (χ2n) is 6.15. The van der Waals surface area contributed by atoms with Crippen molar-refractivity contribution >= 4 is 35.1 Å². The third-order valence-electron chi connectivity index (χ3n) is 4.10. The number of hydrogen-bond donors (Lipinski definition) is 2. The topological polar surface area (TPSA) is 84.2 Å². The quantitative estimate of drug-likeness (QED) is 0.827. The SMILES string of the molecule is Cc1cc(NC(=O)[C@@H](C)SCC(=O)Nc2ccc3c(c2)CCC3)no1. The molecule has 0 spiro atoms.